The van der Waals surface area contributed by atoms with E-state index in [1.807, 2.05) is 0 Å². The van der Waals surface area contributed by atoms with Crippen molar-refractivity contribution >= 4 is 5.78 Å². The third-order valence-corrected chi connectivity index (χ3v) is 8.90. The minimum atomic E-state index is -0.0619. The lowest BCUT2D eigenvalue weighted by Crippen LogP contribution is -2.53. The molecule has 3 saturated carbocycles. The van der Waals surface area contributed by atoms with Crippen LogP contribution in [0.4, 0.5) is 0 Å². The van der Waals surface area contributed by atoms with Gasteiger partial charge in [0.05, 0.1) is 6.10 Å². The van der Waals surface area contributed by atoms with E-state index in [-0.39, 0.29) is 11.5 Å². The molecule has 0 aromatic carbocycles. The first kappa shape index (κ1) is 16.8. The Balaban J connectivity index is 1.65. The summed E-state index contributed by atoms with van der Waals surface area (Å²) in [5.41, 5.74) is 3.12. The Labute approximate surface area is 147 Å². The minimum absolute atomic E-state index is 0.0619. The molecule has 3 fully saturated rings. The third kappa shape index (κ3) is 2.14. The number of carbonyl (C=O) groups excluding carboxylic acids is 1. The van der Waals surface area contributed by atoms with E-state index in [0.717, 1.165) is 37.0 Å². The van der Waals surface area contributed by atoms with E-state index in [0.29, 0.717) is 17.1 Å². The van der Waals surface area contributed by atoms with Gasteiger partial charge in [0, 0.05) is 0 Å². The van der Waals surface area contributed by atoms with Crippen LogP contribution in [0.25, 0.3) is 0 Å². The first-order valence-electron chi connectivity index (χ1n) is 10.2. The van der Waals surface area contributed by atoms with Crippen molar-refractivity contribution in [3.05, 3.63) is 11.1 Å². The Morgan fingerprint density at radius 3 is 2.54 bits per heavy atom. The summed E-state index contributed by atoms with van der Waals surface area (Å²) in [7, 11) is 0. The summed E-state index contributed by atoms with van der Waals surface area (Å²) in [5.74, 6) is 3.30. The molecule has 0 saturated heterocycles. The number of aliphatic hydroxyl groups excluding tert-OH is 1. The van der Waals surface area contributed by atoms with Crippen molar-refractivity contribution in [2.45, 2.75) is 85.2 Å². The van der Waals surface area contributed by atoms with Crippen LogP contribution in [0.1, 0.15) is 79.1 Å². The van der Waals surface area contributed by atoms with Gasteiger partial charge in [0.15, 0.2) is 5.78 Å². The normalized spacial score (nSPS) is 51.0. The molecule has 0 spiro atoms. The van der Waals surface area contributed by atoms with Gasteiger partial charge in [0.1, 0.15) is 0 Å². The maximum atomic E-state index is 12.3. The first-order chi connectivity index (χ1) is 11.3. The Bertz CT molecular complexity index is 591. The molecule has 0 unspecified atom stereocenters. The van der Waals surface area contributed by atoms with Gasteiger partial charge in [-0.15, -0.1) is 0 Å². The fourth-order valence-corrected chi connectivity index (χ4v) is 7.86. The molecular weight excluding hydrogens is 296 g/mol. The Morgan fingerprint density at radius 1 is 1.08 bits per heavy atom. The molecule has 2 heteroatoms. The van der Waals surface area contributed by atoms with Crippen LogP contribution in [0.5, 0.6) is 0 Å². The summed E-state index contributed by atoms with van der Waals surface area (Å²) >= 11 is 0. The second kappa shape index (κ2) is 5.43. The molecule has 0 aliphatic heterocycles. The maximum absolute atomic E-state index is 12.3. The van der Waals surface area contributed by atoms with Crippen LogP contribution in [0.3, 0.4) is 0 Å². The van der Waals surface area contributed by atoms with Gasteiger partial charge in [-0.25, -0.2) is 0 Å². The highest BCUT2D eigenvalue weighted by Crippen LogP contribution is 2.67. The summed E-state index contributed by atoms with van der Waals surface area (Å²) in [6, 6.07) is 0. The topological polar surface area (TPSA) is 37.3 Å². The standard InChI is InChI=1S/C22H34O2/c1-13-11-19-17-6-5-15-12-16(24)7-9-21(15,3)18(17)8-10-22(19,4)20(13)14(2)23/h15-19,24H,5-12H2,1-4H3/t15-,16+,17+,18-,19-,21-,22-/m0/s1. The van der Waals surface area contributed by atoms with Gasteiger partial charge in [-0.05, 0) is 105 Å². The number of Topliss-reactive ketones (excluding diaryl/α,β-unsaturated/α-hetero) is 1. The Kier molecular flexibility index (Phi) is 3.81. The smallest absolute Gasteiger partial charge is 0.156 e. The molecule has 4 rings (SSSR count). The fraction of sp³-hybridized carbons (Fsp3) is 0.864. The number of aliphatic hydroxyl groups is 1. The van der Waals surface area contributed by atoms with Crippen molar-refractivity contribution in [2.24, 2.45) is 34.5 Å². The monoisotopic (exact) mass is 330 g/mol. The zero-order valence-corrected chi connectivity index (χ0v) is 15.9. The van der Waals surface area contributed by atoms with Crippen LogP contribution >= 0.6 is 0 Å². The lowest BCUT2D eigenvalue weighted by atomic mass is 9.44. The molecule has 0 bridgehead atoms. The molecule has 134 valence electrons. The van der Waals surface area contributed by atoms with Crippen LogP contribution in [-0.4, -0.2) is 17.0 Å². The van der Waals surface area contributed by atoms with Gasteiger partial charge in [-0.1, -0.05) is 19.4 Å². The summed E-state index contributed by atoms with van der Waals surface area (Å²) < 4.78 is 0. The summed E-state index contributed by atoms with van der Waals surface area (Å²) in [6.07, 6.45) is 9.39. The number of hydrogen-bond acceptors (Lipinski definition) is 2. The molecule has 0 radical (unpaired) electrons. The Morgan fingerprint density at radius 2 is 1.83 bits per heavy atom. The molecule has 4 aliphatic carbocycles. The van der Waals surface area contributed by atoms with E-state index in [4.69, 9.17) is 0 Å². The average Bonchev–Trinajstić information content (AvgIpc) is 2.78. The van der Waals surface area contributed by atoms with Crippen LogP contribution in [0.15, 0.2) is 11.1 Å². The van der Waals surface area contributed by atoms with E-state index >= 15 is 0 Å². The predicted molar refractivity (Wildman–Crippen MR) is 96.5 cm³/mol. The van der Waals surface area contributed by atoms with Gasteiger partial charge < -0.3 is 5.11 Å². The highest BCUT2D eigenvalue weighted by Gasteiger charge is 2.59. The fourth-order valence-electron chi connectivity index (χ4n) is 7.86. The van der Waals surface area contributed by atoms with Gasteiger partial charge >= 0.3 is 0 Å². The van der Waals surface area contributed by atoms with Crippen LogP contribution in [0, 0.1) is 34.5 Å². The largest absolute Gasteiger partial charge is 0.393 e. The highest BCUT2D eigenvalue weighted by molar-refractivity contribution is 5.96. The SMILES string of the molecule is CC(=O)C1=C(C)C[C@H]2[C@@H]3CC[C@H]4C[C@H](O)CC[C@]4(C)[C@H]3CC[C@]12C. The van der Waals surface area contributed by atoms with Crippen LogP contribution in [0.2, 0.25) is 0 Å². The van der Waals surface area contributed by atoms with Gasteiger partial charge in [-0.2, -0.15) is 0 Å². The Hall–Kier alpha value is -0.630. The van der Waals surface area contributed by atoms with Crippen molar-refractivity contribution in [1.29, 1.82) is 0 Å². The minimum Gasteiger partial charge on any atom is -0.393 e. The predicted octanol–water partition coefficient (Wildman–Crippen LogP) is 4.91. The zero-order valence-electron chi connectivity index (χ0n) is 15.9. The number of rotatable bonds is 1. The van der Waals surface area contributed by atoms with Gasteiger partial charge in [0.25, 0.3) is 0 Å². The van der Waals surface area contributed by atoms with Crippen molar-refractivity contribution in [3.8, 4) is 0 Å². The van der Waals surface area contributed by atoms with E-state index in [9.17, 15) is 9.90 Å². The van der Waals surface area contributed by atoms with Gasteiger partial charge in [-0.3, -0.25) is 4.79 Å². The van der Waals surface area contributed by atoms with E-state index in [2.05, 4.69) is 20.8 Å². The van der Waals surface area contributed by atoms with Crippen LogP contribution in [-0.2, 0) is 4.79 Å². The van der Waals surface area contributed by atoms with Crippen LogP contribution < -0.4 is 0 Å². The molecule has 24 heavy (non-hydrogen) atoms. The second-order valence-corrected chi connectivity index (χ2v) is 9.96. The number of carbonyl (C=O) groups is 1. The number of hydrogen-bond donors (Lipinski definition) is 1. The molecule has 7 atom stereocenters. The molecule has 1 N–H and O–H groups in total. The summed E-state index contributed by atoms with van der Waals surface area (Å²) in [5, 5.41) is 10.1. The third-order valence-electron chi connectivity index (χ3n) is 8.90. The van der Waals surface area contributed by atoms with E-state index < -0.39 is 0 Å². The maximum Gasteiger partial charge on any atom is 0.156 e. The molecule has 4 aliphatic rings. The van der Waals surface area contributed by atoms with Gasteiger partial charge in [0.2, 0.25) is 0 Å². The lowest BCUT2D eigenvalue weighted by molar-refractivity contribution is -0.124. The quantitative estimate of drug-likeness (QED) is 0.742. The summed E-state index contributed by atoms with van der Waals surface area (Å²) in [4.78, 5) is 12.3. The van der Waals surface area contributed by atoms with E-state index in [1.165, 1.54) is 43.3 Å². The molecule has 0 aromatic rings. The second-order valence-electron chi connectivity index (χ2n) is 9.96. The molecule has 0 aromatic heterocycles. The molecule has 2 nitrogen and oxygen atoms in total. The van der Waals surface area contributed by atoms with Crippen molar-refractivity contribution in [1.82, 2.24) is 0 Å². The number of fused-ring (bicyclic) bond motifs is 5. The van der Waals surface area contributed by atoms with Crippen molar-refractivity contribution < 1.29 is 9.90 Å². The van der Waals surface area contributed by atoms with E-state index in [1.54, 1.807) is 6.92 Å². The number of allylic oxidation sites excluding steroid dienone is 2. The lowest BCUT2D eigenvalue weighted by Gasteiger charge is -2.60. The number of ketones is 1. The first-order valence-corrected chi connectivity index (χ1v) is 10.2. The molecular formula is C22H34O2. The zero-order chi connectivity index (χ0) is 17.3. The molecule has 0 heterocycles. The summed E-state index contributed by atoms with van der Waals surface area (Å²) in [6.45, 7) is 8.91. The average molecular weight is 331 g/mol. The van der Waals surface area contributed by atoms with Crippen molar-refractivity contribution in [2.75, 3.05) is 0 Å². The highest BCUT2D eigenvalue weighted by atomic mass is 16.3. The van der Waals surface area contributed by atoms with Crippen molar-refractivity contribution in [3.63, 3.8) is 0 Å². The molecule has 0 amide bonds.